The summed E-state index contributed by atoms with van der Waals surface area (Å²) in [6.45, 7) is 2.44. The molecule has 1 heterocycles. The summed E-state index contributed by atoms with van der Waals surface area (Å²) in [5.41, 5.74) is -0.468. The third-order valence-electron chi connectivity index (χ3n) is 4.81. The summed E-state index contributed by atoms with van der Waals surface area (Å²) < 4.78 is 10.4. The van der Waals surface area contributed by atoms with Crippen LogP contribution in [0.1, 0.15) is 35.7 Å². The van der Waals surface area contributed by atoms with Gasteiger partial charge in [-0.05, 0) is 24.6 Å². The molecule has 1 atom stereocenters. The molecule has 0 fully saturated rings. The second-order valence-electron chi connectivity index (χ2n) is 6.50. The van der Waals surface area contributed by atoms with Crippen LogP contribution in [0.25, 0.3) is 0 Å². The van der Waals surface area contributed by atoms with Crippen LogP contribution < -0.4 is 14.4 Å². The Morgan fingerprint density at radius 3 is 2.56 bits per heavy atom. The van der Waals surface area contributed by atoms with Gasteiger partial charge in [-0.3, -0.25) is 9.59 Å². The van der Waals surface area contributed by atoms with Gasteiger partial charge < -0.3 is 19.5 Å². The smallest absolute Gasteiger partial charge is 0.264 e. The fourth-order valence-corrected chi connectivity index (χ4v) is 3.48. The molecule has 1 amide bonds. The van der Waals surface area contributed by atoms with Crippen molar-refractivity contribution in [2.45, 2.75) is 25.4 Å². The Balaban J connectivity index is 1.97. The van der Waals surface area contributed by atoms with Gasteiger partial charge in [0.25, 0.3) is 5.91 Å². The molecular formula is C21H23NO5. The minimum Gasteiger partial charge on any atom is -0.497 e. The van der Waals surface area contributed by atoms with E-state index in [2.05, 4.69) is 0 Å². The number of rotatable bonds is 7. The zero-order valence-electron chi connectivity index (χ0n) is 15.7. The maximum atomic E-state index is 13.0. The molecule has 6 nitrogen and oxygen atoms in total. The zero-order chi connectivity index (χ0) is 19.6. The Hall–Kier alpha value is -2.86. The molecule has 0 aliphatic carbocycles. The molecule has 2 aromatic carbocycles. The Labute approximate surface area is 158 Å². The second-order valence-corrected chi connectivity index (χ2v) is 6.50. The van der Waals surface area contributed by atoms with Crippen LogP contribution in [-0.4, -0.2) is 37.6 Å². The molecule has 27 heavy (non-hydrogen) atoms. The summed E-state index contributed by atoms with van der Waals surface area (Å²) in [4.78, 5) is 27.5. The van der Waals surface area contributed by atoms with Crippen LogP contribution in [0.4, 0.5) is 5.69 Å². The highest BCUT2D eigenvalue weighted by atomic mass is 16.5. The lowest BCUT2D eigenvalue weighted by Gasteiger charge is -2.23. The number of ketones is 1. The van der Waals surface area contributed by atoms with Crippen molar-refractivity contribution in [2.24, 2.45) is 0 Å². The van der Waals surface area contributed by atoms with Crippen LogP contribution in [0, 0.1) is 0 Å². The molecule has 1 aliphatic rings. The van der Waals surface area contributed by atoms with Gasteiger partial charge in [0.15, 0.2) is 11.4 Å². The van der Waals surface area contributed by atoms with Crippen molar-refractivity contribution in [1.82, 2.24) is 0 Å². The van der Waals surface area contributed by atoms with Gasteiger partial charge in [-0.25, -0.2) is 0 Å². The monoisotopic (exact) mass is 369 g/mol. The van der Waals surface area contributed by atoms with E-state index in [9.17, 15) is 14.7 Å². The first-order chi connectivity index (χ1) is 13.0. The van der Waals surface area contributed by atoms with Crippen LogP contribution in [0.5, 0.6) is 11.5 Å². The zero-order valence-corrected chi connectivity index (χ0v) is 15.7. The molecule has 0 saturated heterocycles. The van der Waals surface area contributed by atoms with Crippen LogP contribution in [-0.2, 0) is 10.4 Å². The molecule has 1 aliphatic heterocycles. The van der Waals surface area contributed by atoms with Crippen molar-refractivity contribution in [2.75, 3.05) is 25.7 Å². The Bertz CT molecular complexity index is 879. The Kier molecular flexibility index (Phi) is 5.19. The first kappa shape index (κ1) is 18.9. The largest absolute Gasteiger partial charge is 0.497 e. The molecule has 0 spiro atoms. The molecule has 0 aromatic heterocycles. The average Bonchev–Trinajstić information content (AvgIpc) is 2.89. The molecule has 6 heteroatoms. The highest BCUT2D eigenvalue weighted by Crippen LogP contribution is 2.43. The predicted molar refractivity (Wildman–Crippen MR) is 101 cm³/mol. The maximum Gasteiger partial charge on any atom is 0.264 e. The molecular weight excluding hydrogens is 346 g/mol. The van der Waals surface area contributed by atoms with E-state index in [0.717, 1.165) is 6.42 Å². The number of para-hydroxylation sites is 1. The number of amides is 1. The standard InChI is InChI=1S/C21H23NO5/c1-4-11-22-17-8-6-5-7-16(17)21(25,20(22)24)13-18(23)15-10-9-14(26-2)12-19(15)27-3/h5-10,12,25H,4,11,13H2,1-3H3. The maximum absolute atomic E-state index is 13.0. The number of hydrogen-bond acceptors (Lipinski definition) is 5. The van der Waals surface area contributed by atoms with E-state index >= 15 is 0 Å². The normalized spacial score (nSPS) is 18.4. The lowest BCUT2D eigenvalue weighted by Crippen LogP contribution is -2.42. The minimum absolute atomic E-state index is 0.297. The van der Waals surface area contributed by atoms with Gasteiger partial charge in [0.1, 0.15) is 11.5 Å². The number of benzene rings is 2. The summed E-state index contributed by atoms with van der Waals surface area (Å²) in [6.07, 6.45) is 0.391. The average molecular weight is 369 g/mol. The van der Waals surface area contributed by atoms with Crippen molar-refractivity contribution >= 4 is 17.4 Å². The number of aliphatic hydroxyl groups is 1. The Morgan fingerprint density at radius 2 is 1.89 bits per heavy atom. The summed E-state index contributed by atoms with van der Waals surface area (Å²) in [6, 6.07) is 11.9. The molecule has 1 N–H and O–H groups in total. The number of carbonyl (C=O) groups is 2. The molecule has 0 radical (unpaired) electrons. The van der Waals surface area contributed by atoms with Gasteiger partial charge in [0.05, 0.1) is 31.9 Å². The van der Waals surface area contributed by atoms with Crippen LogP contribution in [0.15, 0.2) is 42.5 Å². The summed E-state index contributed by atoms with van der Waals surface area (Å²) in [5.74, 6) is 0.0514. The summed E-state index contributed by atoms with van der Waals surface area (Å²) >= 11 is 0. The number of fused-ring (bicyclic) bond motifs is 1. The van der Waals surface area contributed by atoms with Gasteiger partial charge >= 0.3 is 0 Å². The van der Waals surface area contributed by atoms with Crippen LogP contribution in [0.3, 0.4) is 0 Å². The lowest BCUT2D eigenvalue weighted by atomic mass is 9.88. The first-order valence-electron chi connectivity index (χ1n) is 8.85. The number of Topliss-reactive ketones (excluding diaryl/α,β-unsaturated/α-hetero) is 1. The fourth-order valence-electron chi connectivity index (χ4n) is 3.48. The number of anilines is 1. The van der Waals surface area contributed by atoms with Crippen molar-refractivity contribution in [3.63, 3.8) is 0 Å². The van der Waals surface area contributed by atoms with Crippen LogP contribution in [0.2, 0.25) is 0 Å². The van der Waals surface area contributed by atoms with Crippen LogP contribution >= 0.6 is 0 Å². The molecule has 142 valence electrons. The fraction of sp³-hybridized carbons (Fsp3) is 0.333. The lowest BCUT2D eigenvalue weighted by molar-refractivity contribution is -0.135. The van der Waals surface area contributed by atoms with E-state index < -0.39 is 11.5 Å². The number of nitrogens with zero attached hydrogens (tertiary/aromatic N) is 1. The van der Waals surface area contributed by atoms with Gasteiger partial charge in [-0.1, -0.05) is 25.1 Å². The van der Waals surface area contributed by atoms with E-state index in [4.69, 9.17) is 9.47 Å². The number of ether oxygens (including phenoxy) is 2. The quantitative estimate of drug-likeness (QED) is 0.760. The van der Waals surface area contributed by atoms with Gasteiger partial charge in [-0.2, -0.15) is 0 Å². The van der Waals surface area contributed by atoms with Crippen molar-refractivity contribution in [3.8, 4) is 11.5 Å². The summed E-state index contributed by atoms with van der Waals surface area (Å²) in [5, 5.41) is 11.2. The third-order valence-corrected chi connectivity index (χ3v) is 4.81. The van der Waals surface area contributed by atoms with Gasteiger partial charge in [0.2, 0.25) is 0 Å². The predicted octanol–water partition coefficient (Wildman–Crippen LogP) is 2.92. The minimum atomic E-state index is -1.88. The molecule has 2 aromatic rings. The third kappa shape index (κ3) is 3.17. The SMILES string of the molecule is CCCN1C(=O)C(O)(CC(=O)c2ccc(OC)cc2OC)c2ccccc21. The van der Waals surface area contributed by atoms with E-state index in [1.165, 1.54) is 14.2 Å². The van der Waals surface area contributed by atoms with Crippen molar-refractivity contribution in [1.29, 1.82) is 0 Å². The van der Waals surface area contributed by atoms with E-state index in [-0.39, 0.29) is 12.2 Å². The molecule has 0 saturated carbocycles. The number of hydrogen-bond donors (Lipinski definition) is 1. The highest BCUT2D eigenvalue weighted by molar-refractivity contribution is 6.11. The van der Waals surface area contributed by atoms with Crippen molar-refractivity contribution in [3.05, 3.63) is 53.6 Å². The van der Waals surface area contributed by atoms with Gasteiger partial charge in [-0.15, -0.1) is 0 Å². The van der Waals surface area contributed by atoms with E-state index in [1.807, 2.05) is 13.0 Å². The highest BCUT2D eigenvalue weighted by Gasteiger charge is 2.50. The van der Waals surface area contributed by atoms with E-state index in [0.29, 0.717) is 34.9 Å². The number of methoxy groups -OCH3 is 2. The van der Waals surface area contributed by atoms with Crippen molar-refractivity contribution < 1.29 is 24.2 Å². The topological polar surface area (TPSA) is 76.1 Å². The van der Waals surface area contributed by atoms with Gasteiger partial charge in [0, 0.05) is 18.2 Å². The van der Waals surface area contributed by atoms with E-state index in [1.54, 1.807) is 41.3 Å². The summed E-state index contributed by atoms with van der Waals surface area (Å²) in [7, 11) is 2.98. The second kappa shape index (κ2) is 7.40. The Morgan fingerprint density at radius 1 is 1.15 bits per heavy atom. The molecule has 3 rings (SSSR count). The molecule has 1 unspecified atom stereocenters. The number of carbonyl (C=O) groups excluding carboxylic acids is 2. The first-order valence-corrected chi connectivity index (χ1v) is 8.85. The molecule has 0 bridgehead atoms.